The number of fused-ring (bicyclic) bond motifs is 4. The molecule has 8 nitrogen and oxygen atoms in total. The molecule has 0 unspecified atom stereocenters. The number of rotatable bonds is 3. The Morgan fingerprint density at radius 3 is 2.79 bits per heavy atom. The van der Waals surface area contributed by atoms with E-state index in [1.165, 1.54) is 6.20 Å². The summed E-state index contributed by atoms with van der Waals surface area (Å²) in [4.78, 5) is 32.5. The first kappa shape index (κ1) is 19.9. The van der Waals surface area contributed by atoms with Crippen molar-refractivity contribution in [1.29, 1.82) is 0 Å². The number of hydrogen-bond donors (Lipinski definition) is 1. The molecule has 3 aliphatic rings. The molecule has 5 heterocycles. The Kier molecular flexibility index (Phi) is 4.82. The van der Waals surface area contributed by atoms with Gasteiger partial charge in [0.25, 0.3) is 0 Å². The second-order valence-corrected chi connectivity index (χ2v) is 8.70. The molecule has 3 aliphatic heterocycles. The standard InChI is InChI=1S/C24H24FN7O/c25-17-6-10-30(14-17)18-3-1-2-16(12-18)20-4-5-21-23(28-20)32(19-7-11-31(21)15-19)24(33)29-22-13-26-8-9-27-22/h1-5,8-9,12-13,17,19H,6-7,10-11,14-15H2,(H,27,29,33)/t17-,19+/m1/s1. The van der Waals surface area contributed by atoms with Gasteiger partial charge < -0.3 is 9.80 Å². The quantitative estimate of drug-likeness (QED) is 0.662. The minimum atomic E-state index is -0.776. The van der Waals surface area contributed by atoms with E-state index in [1.54, 1.807) is 17.3 Å². The zero-order valence-electron chi connectivity index (χ0n) is 18.1. The Bertz CT molecular complexity index is 1190. The van der Waals surface area contributed by atoms with Crippen LogP contribution in [0.15, 0.2) is 55.0 Å². The third-order valence-electron chi connectivity index (χ3n) is 6.61. The summed E-state index contributed by atoms with van der Waals surface area (Å²) in [5.74, 6) is 1.06. The van der Waals surface area contributed by atoms with Crippen LogP contribution in [0.5, 0.6) is 0 Å². The second kappa shape index (κ2) is 7.99. The van der Waals surface area contributed by atoms with Gasteiger partial charge in [0.15, 0.2) is 11.6 Å². The van der Waals surface area contributed by atoms with Crippen molar-refractivity contribution in [2.24, 2.45) is 0 Å². The molecule has 9 heteroatoms. The third kappa shape index (κ3) is 3.63. The van der Waals surface area contributed by atoms with Crippen molar-refractivity contribution in [1.82, 2.24) is 15.0 Å². The molecular weight excluding hydrogens is 421 g/mol. The van der Waals surface area contributed by atoms with Crippen molar-refractivity contribution >= 4 is 29.0 Å². The summed E-state index contributed by atoms with van der Waals surface area (Å²) in [6.07, 6.45) is 5.31. The van der Waals surface area contributed by atoms with Crippen molar-refractivity contribution in [2.75, 3.05) is 46.2 Å². The van der Waals surface area contributed by atoms with E-state index in [-0.39, 0.29) is 12.1 Å². The monoisotopic (exact) mass is 445 g/mol. The van der Waals surface area contributed by atoms with Crippen LogP contribution in [0, 0.1) is 0 Å². The smallest absolute Gasteiger partial charge is 0.329 e. The molecule has 2 atom stereocenters. The van der Waals surface area contributed by atoms with Crippen LogP contribution in [-0.4, -0.2) is 59.4 Å². The van der Waals surface area contributed by atoms with E-state index < -0.39 is 6.17 Å². The van der Waals surface area contributed by atoms with Gasteiger partial charge in [-0.3, -0.25) is 15.2 Å². The average molecular weight is 446 g/mol. The fourth-order valence-corrected chi connectivity index (χ4v) is 4.98. The first-order chi connectivity index (χ1) is 16.2. The highest BCUT2D eigenvalue weighted by atomic mass is 19.1. The van der Waals surface area contributed by atoms with Crippen LogP contribution < -0.4 is 20.0 Å². The molecule has 0 aliphatic carbocycles. The number of anilines is 4. The predicted molar refractivity (Wildman–Crippen MR) is 126 cm³/mol. The van der Waals surface area contributed by atoms with Gasteiger partial charge in [-0.2, -0.15) is 0 Å². The molecule has 1 N–H and O–H groups in total. The number of amides is 2. The number of carbonyl (C=O) groups is 1. The van der Waals surface area contributed by atoms with E-state index in [1.807, 2.05) is 30.3 Å². The molecule has 2 aromatic heterocycles. The van der Waals surface area contributed by atoms with E-state index in [9.17, 15) is 9.18 Å². The zero-order chi connectivity index (χ0) is 22.4. The fourth-order valence-electron chi connectivity index (χ4n) is 4.98. The normalized spacial score (nSPS) is 21.3. The number of urea groups is 1. The van der Waals surface area contributed by atoms with Crippen molar-refractivity contribution in [2.45, 2.75) is 25.1 Å². The van der Waals surface area contributed by atoms with Crippen molar-refractivity contribution in [3.05, 3.63) is 55.0 Å². The average Bonchev–Trinajstić information content (AvgIpc) is 3.47. The van der Waals surface area contributed by atoms with Crippen LogP contribution in [0.1, 0.15) is 12.8 Å². The van der Waals surface area contributed by atoms with Crippen LogP contribution in [0.4, 0.5) is 32.2 Å². The van der Waals surface area contributed by atoms with Crippen molar-refractivity contribution in [3.63, 3.8) is 0 Å². The third-order valence-corrected chi connectivity index (χ3v) is 6.61. The topological polar surface area (TPSA) is 77.5 Å². The minimum absolute atomic E-state index is 0.0503. The molecular formula is C24H24FN7O. The van der Waals surface area contributed by atoms with E-state index in [4.69, 9.17) is 4.98 Å². The number of aromatic nitrogens is 3. The van der Waals surface area contributed by atoms with E-state index in [0.717, 1.165) is 48.7 Å². The van der Waals surface area contributed by atoms with Crippen LogP contribution in [0.3, 0.4) is 0 Å². The maximum atomic E-state index is 13.7. The molecule has 0 saturated carbocycles. The summed E-state index contributed by atoms with van der Waals surface area (Å²) in [6, 6.07) is 11.9. The SMILES string of the molecule is O=C(Nc1cnccn1)N1c2nc(-c3cccc(N4CC[C@@H](F)C4)c3)ccc2N2CC[C@H]1C2. The van der Waals surface area contributed by atoms with Gasteiger partial charge in [-0.05, 0) is 37.1 Å². The number of pyridine rings is 1. The number of benzene rings is 1. The number of nitrogens with zero attached hydrogens (tertiary/aromatic N) is 6. The van der Waals surface area contributed by atoms with Gasteiger partial charge in [-0.25, -0.2) is 19.2 Å². The molecule has 6 rings (SSSR count). The van der Waals surface area contributed by atoms with E-state index in [0.29, 0.717) is 24.6 Å². The van der Waals surface area contributed by atoms with E-state index in [2.05, 4.69) is 31.2 Å². The van der Waals surface area contributed by atoms with Gasteiger partial charge in [0, 0.05) is 49.8 Å². The van der Waals surface area contributed by atoms with Gasteiger partial charge in [0.05, 0.1) is 23.6 Å². The maximum Gasteiger partial charge on any atom is 0.329 e. The summed E-state index contributed by atoms with van der Waals surface area (Å²) in [6.45, 7) is 2.82. The Balaban J connectivity index is 1.34. The fraction of sp³-hybridized carbons (Fsp3) is 0.333. The Morgan fingerprint density at radius 2 is 1.97 bits per heavy atom. The summed E-state index contributed by atoms with van der Waals surface area (Å²) < 4.78 is 13.7. The van der Waals surface area contributed by atoms with Gasteiger partial charge in [-0.15, -0.1) is 0 Å². The lowest BCUT2D eigenvalue weighted by Crippen LogP contribution is -2.48. The van der Waals surface area contributed by atoms with Crippen LogP contribution in [0.25, 0.3) is 11.3 Å². The Labute approximate surface area is 191 Å². The largest absolute Gasteiger partial charge is 0.368 e. The molecule has 33 heavy (non-hydrogen) atoms. The maximum absolute atomic E-state index is 13.7. The highest BCUT2D eigenvalue weighted by molar-refractivity contribution is 6.04. The highest BCUT2D eigenvalue weighted by Gasteiger charge is 2.40. The molecule has 3 aromatic rings. The first-order valence-electron chi connectivity index (χ1n) is 11.3. The molecule has 2 amide bonds. The lowest BCUT2D eigenvalue weighted by molar-refractivity contribution is 0.254. The lowest BCUT2D eigenvalue weighted by Gasteiger charge is -2.35. The van der Waals surface area contributed by atoms with Crippen molar-refractivity contribution in [3.8, 4) is 11.3 Å². The van der Waals surface area contributed by atoms with Crippen molar-refractivity contribution < 1.29 is 9.18 Å². The van der Waals surface area contributed by atoms with Gasteiger partial charge in [0.1, 0.15) is 6.17 Å². The number of nitrogens with one attached hydrogen (secondary N) is 1. The number of halogens is 1. The van der Waals surface area contributed by atoms with Crippen LogP contribution in [-0.2, 0) is 0 Å². The second-order valence-electron chi connectivity index (χ2n) is 8.70. The first-order valence-corrected chi connectivity index (χ1v) is 11.3. The minimum Gasteiger partial charge on any atom is -0.368 e. The van der Waals surface area contributed by atoms with Crippen LogP contribution >= 0.6 is 0 Å². The van der Waals surface area contributed by atoms with Gasteiger partial charge in [-0.1, -0.05) is 12.1 Å². The summed E-state index contributed by atoms with van der Waals surface area (Å²) >= 11 is 0. The summed E-state index contributed by atoms with van der Waals surface area (Å²) in [7, 11) is 0. The number of alkyl halides is 1. The Morgan fingerprint density at radius 1 is 1.06 bits per heavy atom. The molecule has 168 valence electrons. The predicted octanol–water partition coefficient (Wildman–Crippen LogP) is 3.72. The molecule has 0 spiro atoms. The molecule has 2 saturated heterocycles. The summed E-state index contributed by atoms with van der Waals surface area (Å²) in [5.41, 5.74) is 3.68. The molecule has 1 aromatic carbocycles. The molecule has 0 radical (unpaired) electrons. The number of carbonyl (C=O) groups excluding carboxylic acids is 1. The van der Waals surface area contributed by atoms with Crippen LogP contribution in [0.2, 0.25) is 0 Å². The van der Waals surface area contributed by atoms with Gasteiger partial charge in [0.2, 0.25) is 0 Å². The van der Waals surface area contributed by atoms with Gasteiger partial charge >= 0.3 is 6.03 Å². The number of hydrogen-bond acceptors (Lipinski definition) is 6. The Hall–Kier alpha value is -3.75. The molecule has 2 bridgehead atoms. The molecule has 2 fully saturated rings. The zero-order valence-corrected chi connectivity index (χ0v) is 18.1. The lowest BCUT2D eigenvalue weighted by atomic mass is 10.1. The highest BCUT2D eigenvalue weighted by Crippen LogP contribution is 2.40. The summed E-state index contributed by atoms with van der Waals surface area (Å²) in [5, 5.41) is 2.86. The van der Waals surface area contributed by atoms with E-state index >= 15 is 0 Å².